The van der Waals surface area contributed by atoms with Crippen molar-refractivity contribution in [3.05, 3.63) is 113 Å². The molecule has 0 aromatic heterocycles. The van der Waals surface area contributed by atoms with Crippen molar-refractivity contribution in [2.75, 3.05) is 20.9 Å². The van der Waals surface area contributed by atoms with E-state index in [1.807, 2.05) is 0 Å². The molecule has 0 bridgehead atoms. The molecule has 0 aliphatic rings. The number of amides is 1. The van der Waals surface area contributed by atoms with Gasteiger partial charge in [0, 0.05) is 16.4 Å². The van der Waals surface area contributed by atoms with E-state index in [0.29, 0.717) is 16.7 Å². The van der Waals surface area contributed by atoms with Gasteiger partial charge in [0.15, 0.2) is 0 Å². The summed E-state index contributed by atoms with van der Waals surface area (Å²) in [5.74, 6) is -0.730. The molecule has 0 fully saturated rings. The second kappa shape index (κ2) is 12.0. The van der Waals surface area contributed by atoms with Crippen LogP contribution >= 0.6 is 11.6 Å². The van der Waals surface area contributed by atoms with Gasteiger partial charge in [-0.15, -0.1) is 0 Å². The second-order valence-electron chi connectivity index (χ2n) is 8.97. The summed E-state index contributed by atoms with van der Waals surface area (Å²) >= 11 is 6.22. The summed E-state index contributed by atoms with van der Waals surface area (Å²) in [5, 5.41) is 2.84. The molecule has 0 radical (unpaired) electrons. The minimum atomic E-state index is -4.65. The Balaban J connectivity index is 1.54. The molecule has 4 aromatic carbocycles. The number of sulfonamides is 2. The molecule has 0 spiro atoms. The maximum absolute atomic E-state index is 13.5. The highest BCUT2D eigenvalue weighted by Gasteiger charge is 2.31. The Bertz CT molecular complexity index is 1820. The molecule has 4 rings (SSSR count). The van der Waals surface area contributed by atoms with Crippen molar-refractivity contribution < 1.29 is 34.8 Å². The van der Waals surface area contributed by atoms with Crippen LogP contribution in [-0.4, -0.2) is 29.3 Å². The van der Waals surface area contributed by atoms with Crippen molar-refractivity contribution in [2.24, 2.45) is 0 Å². The fourth-order valence-electron chi connectivity index (χ4n) is 3.91. The number of halogens is 4. The molecule has 1 amide bonds. The van der Waals surface area contributed by atoms with E-state index in [0.717, 1.165) is 28.6 Å². The summed E-state index contributed by atoms with van der Waals surface area (Å²) in [6, 6.07) is 20.8. The first-order valence-electron chi connectivity index (χ1n) is 12.1. The summed E-state index contributed by atoms with van der Waals surface area (Å²) < 4.78 is 94.5. The van der Waals surface area contributed by atoms with Crippen LogP contribution in [0.5, 0.6) is 0 Å². The summed E-state index contributed by atoms with van der Waals surface area (Å²) in [6.07, 6.45) is -4.65. The van der Waals surface area contributed by atoms with E-state index in [4.69, 9.17) is 11.6 Å². The van der Waals surface area contributed by atoms with Crippen molar-refractivity contribution in [1.82, 2.24) is 0 Å². The van der Waals surface area contributed by atoms with E-state index in [1.165, 1.54) is 36.4 Å². The Morgan fingerprint density at radius 3 is 2.10 bits per heavy atom. The molecule has 0 aliphatic heterocycles. The smallest absolute Gasteiger partial charge is 0.325 e. The van der Waals surface area contributed by atoms with E-state index >= 15 is 0 Å². The minimum Gasteiger partial charge on any atom is -0.325 e. The van der Waals surface area contributed by atoms with Crippen LogP contribution in [0.4, 0.5) is 30.2 Å². The number of anilines is 3. The number of carbonyl (C=O) groups excluding carboxylic acids is 1. The number of alkyl halides is 3. The summed E-state index contributed by atoms with van der Waals surface area (Å²) in [6.45, 7) is 0.991. The third-order valence-electron chi connectivity index (χ3n) is 6.02. The van der Waals surface area contributed by atoms with Gasteiger partial charge >= 0.3 is 6.18 Å². The lowest BCUT2D eigenvalue weighted by atomic mass is 10.2. The average molecular weight is 638 g/mol. The van der Waals surface area contributed by atoms with Crippen LogP contribution in [0.25, 0.3) is 0 Å². The second-order valence-corrected chi connectivity index (χ2v) is 12.9. The zero-order valence-corrected chi connectivity index (χ0v) is 24.2. The molecule has 0 aliphatic carbocycles. The maximum atomic E-state index is 13.5. The van der Waals surface area contributed by atoms with Gasteiger partial charge < -0.3 is 5.32 Å². The normalized spacial score (nSPS) is 12.0. The lowest BCUT2D eigenvalue weighted by molar-refractivity contribution is -0.137. The monoisotopic (exact) mass is 637 g/mol. The Morgan fingerprint density at radius 2 is 1.45 bits per heavy atom. The first-order valence-corrected chi connectivity index (χ1v) is 15.4. The number of rotatable bonds is 9. The topological polar surface area (TPSA) is 113 Å². The SMILES string of the molecule is Cc1c(Cl)cccc1N(CC(=O)Nc1ccc(S(=O)(=O)Nc2cccc(C(F)(F)F)c2)cc1)S(=O)(=O)c1ccccc1. The number of hydrogen-bond donors (Lipinski definition) is 2. The molecule has 0 saturated heterocycles. The number of nitrogens with one attached hydrogen (secondary N) is 2. The standard InChI is InChI=1S/C28H23ClF3N3O5S2/c1-19-25(29)11-6-12-26(19)35(42(39,40)24-9-3-2-4-10-24)18-27(36)33-21-13-15-23(16-14-21)41(37,38)34-22-8-5-7-20(17-22)28(30,31)32/h2-17,34H,18H2,1H3,(H,33,36). The lowest BCUT2D eigenvalue weighted by Gasteiger charge is -2.26. The number of hydrogen-bond acceptors (Lipinski definition) is 5. The Kier molecular flexibility index (Phi) is 8.85. The fourth-order valence-corrected chi connectivity index (χ4v) is 6.63. The van der Waals surface area contributed by atoms with Gasteiger partial charge in [0.05, 0.1) is 21.0 Å². The van der Waals surface area contributed by atoms with Gasteiger partial charge in [0.1, 0.15) is 6.54 Å². The van der Waals surface area contributed by atoms with Crippen LogP contribution in [0.15, 0.2) is 107 Å². The van der Waals surface area contributed by atoms with Crippen LogP contribution in [-0.2, 0) is 31.0 Å². The van der Waals surface area contributed by atoms with Crippen molar-refractivity contribution in [1.29, 1.82) is 0 Å². The Hall–Kier alpha value is -4.07. The van der Waals surface area contributed by atoms with Gasteiger partial charge in [-0.2, -0.15) is 13.2 Å². The van der Waals surface area contributed by atoms with E-state index in [1.54, 1.807) is 37.3 Å². The van der Waals surface area contributed by atoms with Gasteiger partial charge in [0.2, 0.25) is 5.91 Å². The van der Waals surface area contributed by atoms with Crippen molar-refractivity contribution in [3.8, 4) is 0 Å². The van der Waals surface area contributed by atoms with Crippen LogP contribution in [0, 0.1) is 6.92 Å². The molecule has 0 unspecified atom stereocenters. The maximum Gasteiger partial charge on any atom is 0.416 e. The third-order valence-corrected chi connectivity index (χ3v) is 9.60. The van der Waals surface area contributed by atoms with Crippen LogP contribution in [0.3, 0.4) is 0 Å². The van der Waals surface area contributed by atoms with E-state index < -0.39 is 44.2 Å². The minimum absolute atomic E-state index is 0.0417. The molecular formula is C28H23ClF3N3O5S2. The predicted octanol–water partition coefficient (Wildman–Crippen LogP) is 6.30. The number of nitrogens with zero attached hydrogens (tertiary/aromatic N) is 1. The van der Waals surface area contributed by atoms with Gasteiger partial charge in [0.25, 0.3) is 20.0 Å². The third kappa shape index (κ3) is 7.04. The van der Waals surface area contributed by atoms with E-state index in [2.05, 4.69) is 10.0 Å². The molecule has 42 heavy (non-hydrogen) atoms. The van der Waals surface area contributed by atoms with Gasteiger partial charge in [-0.1, -0.05) is 41.9 Å². The Labute approximate surface area is 245 Å². The Morgan fingerprint density at radius 1 is 0.810 bits per heavy atom. The summed E-state index contributed by atoms with van der Waals surface area (Å²) in [5.41, 5.74) is -0.508. The van der Waals surface area contributed by atoms with Crippen LogP contribution in [0.2, 0.25) is 5.02 Å². The molecule has 8 nitrogen and oxygen atoms in total. The highest BCUT2D eigenvalue weighted by atomic mass is 35.5. The molecule has 4 aromatic rings. The largest absolute Gasteiger partial charge is 0.416 e. The molecule has 0 saturated carbocycles. The quantitative estimate of drug-likeness (QED) is 0.224. The zero-order valence-electron chi connectivity index (χ0n) is 21.8. The highest BCUT2D eigenvalue weighted by molar-refractivity contribution is 7.93. The molecular weight excluding hydrogens is 615 g/mol. The van der Waals surface area contributed by atoms with Gasteiger partial charge in [-0.3, -0.25) is 13.8 Å². The highest BCUT2D eigenvalue weighted by Crippen LogP contribution is 2.32. The van der Waals surface area contributed by atoms with Crippen LogP contribution in [0.1, 0.15) is 11.1 Å². The summed E-state index contributed by atoms with van der Waals surface area (Å²) in [7, 11) is -8.46. The molecule has 220 valence electrons. The fraction of sp³-hybridized carbons (Fsp3) is 0.107. The molecule has 14 heteroatoms. The first kappa shape index (κ1) is 30.9. The number of benzene rings is 4. The van der Waals surface area contributed by atoms with Crippen molar-refractivity contribution >= 4 is 54.6 Å². The molecule has 0 heterocycles. The van der Waals surface area contributed by atoms with Crippen molar-refractivity contribution in [3.63, 3.8) is 0 Å². The van der Waals surface area contributed by atoms with Crippen molar-refractivity contribution in [2.45, 2.75) is 22.9 Å². The van der Waals surface area contributed by atoms with Gasteiger partial charge in [-0.25, -0.2) is 16.8 Å². The first-order chi connectivity index (χ1) is 19.7. The molecule has 2 N–H and O–H groups in total. The predicted molar refractivity (Wildman–Crippen MR) is 154 cm³/mol. The summed E-state index contributed by atoms with van der Waals surface area (Å²) in [4.78, 5) is 12.7. The molecule has 0 atom stereocenters. The van der Waals surface area contributed by atoms with Crippen LogP contribution < -0.4 is 14.3 Å². The van der Waals surface area contributed by atoms with Gasteiger partial charge in [-0.05, 0) is 79.2 Å². The van der Waals surface area contributed by atoms with E-state index in [-0.39, 0.29) is 26.9 Å². The lowest BCUT2D eigenvalue weighted by Crippen LogP contribution is -2.38. The number of carbonyl (C=O) groups is 1. The van der Waals surface area contributed by atoms with E-state index in [9.17, 15) is 34.8 Å². The zero-order chi connectivity index (χ0) is 30.7. The average Bonchev–Trinajstić information content (AvgIpc) is 2.93.